The van der Waals surface area contributed by atoms with E-state index in [1.54, 1.807) is 14.2 Å². The van der Waals surface area contributed by atoms with E-state index in [1.807, 2.05) is 6.07 Å². The average Bonchev–Trinajstić information content (AvgIpc) is 2.57. The van der Waals surface area contributed by atoms with Crippen LogP contribution in [-0.2, 0) is 6.54 Å². The Morgan fingerprint density at radius 2 is 1.92 bits per heavy atom. The van der Waals surface area contributed by atoms with Gasteiger partial charge in [-0.05, 0) is 30.0 Å². The quantitative estimate of drug-likeness (QED) is 0.789. The molecule has 1 aliphatic heterocycles. The molecule has 0 aliphatic carbocycles. The second-order valence-corrected chi connectivity index (χ2v) is 6.98. The van der Waals surface area contributed by atoms with Crippen molar-refractivity contribution in [3.05, 3.63) is 23.8 Å². The number of piperazine rings is 1. The predicted octanol–water partition coefficient (Wildman–Crippen LogP) is 2.23. The summed E-state index contributed by atoms with van der Waals surface area (Å²) in [6.45, 7) is 9.90. The summed E-state index contributed by atoms with van der Waals surface area (Å²) < 4.78 is 10.7. The molecule has 24 heavy (non-hydrogen) atoms. The van der Waals surface area contributed by atoms with Crippen LogP contribution in [0.5, 0.6) is 11.5 Å². The van der Waals surface area contributed by atoms with Gasteiger partial charge >= 0.3 is 0 Å². The zero-order valence-electron chi connectivity index (χ0n) is 15.5. The molecule has 0 unspecified atom stereocenters. The summed E-state index contributed by atoms with van der Waals surface area (Å²) >= 11 is 0. The lowest BCUT2D eigenvalue weighted by atomic mass is 10.1. The van der Waals surface area contributed by atoms with Crippen molar-refractivity contribution < 1.29 is 14.6 Å². The highest BCUT2D eigenvalue weighted by Gasteiger charge is 2.27. The Morgan fingerprint density at radius 3 is 2.54 bits per heavy atom. The summed E-state index contributed by atoms with van der Waals surface area (Å²) in [4.78, 5) is 5.00. The molecule has 0 amide bonds. The molecule has 1 aliphatic rings. The van der Waals surface area contributed by atoms with Crippen LogP contribution >= 0.6 is 0 Å². The van der Waals surface area contributed by atoms with Gasteiger partial charge in [0.15, 0.2) is 11.5 Å². The first-order valence-corrected chi connectivity index (χ1v) is 8.85. The molecule has 5 heteroatoms. The molecule has 1 atom stereocenters. The molecule has 136 valence electrons. The third-order valence-electron chi connectivity index (χ3n) is 4.60. The topological polar surface area (TPSA) is 45.2 Å². The average molecular weight is 336 g/mol. The van der Waals surface area contributed by atoms with Crippen LogP contribution < -0.4 is 9.47 Å². The molecule has 0 radical (unpaired) electrons. The minimum atomic E-state index is 0.253. The number of ether oxygens (including phenoxy) is 2. The normalized spacial score (nSPS) is 19.7. The molecule has 1 aromatic rings. The minimum absolute atomic E-state index is 0.253. The maximum absolute atomic E-state index is 9.40. The highest BCUT2D eigenvalue weighted by atomic mass is 16.5. The number of hydrogen-bond donors (Lipinski definition) is 1. The zero-order chi connectivity index (χ0) is 17.5. The first kappa shape index (κ1) is 19.0. The van der Waals surface area contributed by atoms with Crippen LogP contribution in [0.25, 0.3) is 0 Å². The van der Waals surface area contributed by atoms with Crippen LogP contribution in [0.3, 0.4) is 0 Å². The van der Waals surface area contributed by atoms with Crippen molar-refractivity contribution in [2.24, 2.45) is 5.92 Å². The van der Waals surface area contributed by atoms with Gasteiger partial charge in [0.2, 0.25) is 0 Å². The number of benzene rings is 1. The number of nitrogens with zero attached hydrogens (tertiary/aromatic N) is 2. The van der Waals surface area contributed by atoms with Gasteiger partial charge in [0, 0.05) is 45.4 Å². The summed E-state index contributed by atoms with van der Waals surface area (Å²) in [6.07, 6.45) is 0.842. The van der Waals surface area contributed by atoms with E-state index < -0.39 is 0 Å². The molecule has 2 rings (SSSR count). The largest absolute Gasteiger partial charge is 0.493 e. The fourth-order valence-electron chi connectivity index (χ4n) is 3.47. The Morgan fingerprint density at radius 1 is 1.17 bits per heavy atom. The molecule has 5 nitrogen and oxygen atoms in total. The number of aliphatic hydroxyl groups is 1. The van der Waals surface area contributed by atoms with Gasteiger partial charge in [-0.3, -0.25) is 9.80 Å². The highest BCUT2D eigenvalue weighted by Crippen LogP contribution is 2.28. The van der Waals surface area contributed by atoms with E-state index in [0.717, 1.165) is 50.6 Å². The Hall–Kier alpha value is -1.30. The maximum atomic E-state index is 9.40. The predicted molar refractivity (Wildman–Crippen MR) is 96.7 cm³/mol. The van der Waals surface area contributed by atoms with Crippen LogP contribution in [0.4, 0.5) is 0 Å². The van der Waals surface area contributed by atoms with Crippen molar-refractivity contribution in [2.75, 3.05) is 47.0 Å². The maximum Gasteiger partial charge on any atom is 0.161 e. The standard InChI is InChI=1S/C19H32N2O3/c1-15(2)12-21-9-8-20(14-17(21)7-10-22)13-16-5-6-18(23-3)19(11-16)24-4/h5-6,11,15,17,22H,7-10,12-14H2,1-4H3/t17-/m1/s1. The Bertz CT molecular complexity index is 507. The van der Waals surface area contributed by atoms with Gasteiger partial charge in [0.05, 0.1) is 14.2 Å². The molecular weight excluding hydrogens is 304 g/mol. The molecule has 0 aromatic heterocycles. The van der Waals surface area contributed by atoms with Gasteiger partial charge in [-0.25, -0.2) is 0 Å². The van der Waals surface area contributed by atoms with Gasteiger partial charge in [0.1, 0.15) is 0 Å². The first-order chi connectivity index (χ1) is 11.6. The van der Waals surface area contributed by atoms with Crippen LogP contribution in [0.1, 0.15) is 25.8 Å². The van der Waals surface area contributed by atoms with Gasteiger partial charge in [-0.15, -0.1) is 0 Å². The van der Waals surface area contributed by atoms with E-state index in [9.17, 15) is 5.11 Å². The summed E-state index contributed by atoms with van der Waals surface area (Å²) in [5, 5.41) is 9.40. The summed E-state index contributed by atoms with van der Waals surface area (Å²) in [5.41, 5.74) is 1.23. The van der Waals surface area contributed by atoms with E-state index in [0.29, 0.717) is 12.0 Å². The molecule has 0 bridgehead atoms. The van der Waals surface area contributed by atoms with Gasteiger partial charge in [-0.2, -0.15) is 0 Å². The summed E-state index contributed by atoms with van der Waals surface area (Å²) in [6, 6.07) is 6.56. The van der Waals surface area contributed by atoms with E-state index in [2.05, 4.69) is 35.8 Å². The van der Waals surface area contributed by atoms with Crippen molar-refractivity contribution in [1.82, 2.24) is 9.80 Å². The van der Waals surface area contributed by atoms with Crippen molar-refractivity contribution in [1.29, 1.82) is 0 Å². The molecule has 1 saturated heterocycles. The van der Waals surface area contributed by atoms with E-state index in [4.69, 9.17) is 9.47 Å². The fraction of sp³-hybridized carbons (Fsp3) is 0.684. The third kappa shape index (κ3) is 5.10. The van der Waals surface area contributed by atoms with E-state index in [-0.39, 0.29) is 6.61 Å². The van der Waals surface area contributed by atoms with Crippen LogP contribution in [0, 0.1) is 5.92 Å². The second-order valence-electron chi connectivity index (χ2n) is 6.98. The lowest BCUT2D eigenvalue weighted by Crippen LogP contribution is -2.53. The van der Waals surface area contributed by atoms with Gasteiger partial charge in [-0.1, -0.05) is 19.9 Å². The number of rotatable bonds is 8. The minimum Gasteiger partial charge on any atom is -0.493 e. The Labute approximate surface area is 146 Å². The van der Waals surface area contributed by atoms with Crippen molar-refractivity contribution in [3.63, 3.8) is 0 Å². The number of methoxy groups -OCH3 is 2. The molecular formula is C19H32N2O3. The first-order valence-electron chi connectivity index (χ1n) is 8.85. The van der Waals surface area contributed by atoms with Crippen molar-refractivity contribution in [2.45, 2.75) is 32.9 Å². The highest BCUT2D eigenvalue weighted by molar-refractivity contribution is 5.42. The summed E-state index contributed by atoms with van der Waals surface area (Å²) in [7, 11) is 3.33. The van der Waals surface area contributed by atoms with Crippen LogP contribution in [-0.4, -0.2) is 68.0 Å². The van der Waals surface area contributed by atoms with E-state index >= 15 is 0 Å². The lowest BCUT2D eigenvalue weighted by Gasteiger charge is -2.42. The van der Waals surface area contributed by atoms with Crippen LogP contribution in [0.2, 0.25) is 0 Å². The van der Waals surface area contributed by atoms with Crippen LogP contribution in [0.15, 0.2) is 18.2 Å². The summed E-state index contributed by atoms with van der Waals surface area (Å²) in [5.74, 6) is 2.20. The van der Waals surface area contributed by atoms with Crippen molar-refractivity contribution >= 4 is 0 Å². The fourth-order valence-corrected chi connectivity index (χ4v) is 3.47. The monoisotopic (exact) mass is 336 g/mol. The van der Waals surface area contributed by atoms with Crippen molar-refractivity contribution in [3.8, 4) is 11.5 Å². The van der Waals surface area contributed by atoms with Gasteiger partial charge < -0.3 is 14.6 Å². The second kappa shape index (κ2) is 9.25. The molecule has 1 aromatic carbocycles. The van der Waals surface area contributed by atoms with Gasteiger partial charge in [0.25, 0.3) is 0 Å². The SMILES string of the molecule is COc1ccc(CN2CCN(CC(C)C)[C@H](CCO)C2)cc1OC. The Kier molecular flexibility index (Phi) is 7.34. The molecule has 1 N–H and O–H groups in total. The van der Waals surface area contributed by atoms with E-state index in [1.165, 1.54) is 5.56 Å². The molecule has 1 fully saturated rings. The number of hydrogen-bond acceptors (Lipinski definition) is 5. The number of aliphatic hydroxyl groups excluding tert-OH is 1. The molecule has 1 heterocycles. The Balaban J connectivity index is 2.00. The molecule has 0 saturated carbocycles. The smallest absolute Gasteiger partial charge is 0.161 e. The zero-order valence-corrected chi connectivity index (χ0v) is 15.5. The lowest BCUT2D eigenvalue weighted by molar-refractivity contribution is 0.0476. The third-order valence-corrected chi connectivity index (χ3v) is 4.60. The molecule has 0 spiro atoms.